The molecule has 0 aliphatic carbocycles. The summed E-state index contributed by atoms with van der Waals surface area (Å²) in [6, 6.07) is 0. The molecule has 0 radical (unpaired) electrons. The largest absolute Gasteiger partial charge is 0.396 e. The molecule has 0 aliphatic heterocycles. The Morgan fingerprint density at radius 1 is 0.900 bits per heavy atom. The molecular formula is C8H19IO. The van der Waals surface area contributed by atoms with Gasteiger partial charge in [0.25, 0.3) is 0 Å². The van der Waals surface area contributed by atoms with Gasteiger partial charge in [0.05, 0.1) is 0 Å². The Labute approximate surface area is 81.2 Å². The molecule has 10 heavy (non-hydrogen) atoms. The van der Waals surface area contributed by atoms with Crippen molar-refractivity contribution in [3.63, 3.8) is 0 Å². The Morgan fingerprint density at radius 2 is 1.40 bits per heavy atom. The van der Waals surface area contributed by atoms with Gasteiger partial charge in [-0.25, -0.2) is 0 Å². The number of hydrogen-bond acceptors (Lipinski definition) is 1. The molecule has 64 valence electrons. The van der Waals surface area contributed by atoms with Gasteiger partial charge >= 0.3 is 0 Å². The summed E-state index contributed by atoms with van der Waals surface area (Å²) in [5.41, 5.74) is 0. The minimum Gasteiger partial charge on any atom is -0.396 e. The minimum atomic E-state index is 0. The molecule has 0 spiro atoms. The summed E-state index contributed by atoms with van der Waals surface area (Å²) < 4.78 is 0. The molecule has 0 heterocycles. The van der Waals surface area contributed by atoms with Crippen LogP contribution >= 0.6 is 24.0 Å². The molecule has 2 heteroatoms. The maximum absolute atomic E-state index is 8.42. The fraction of sp³-hybridized carbons (Fsp3) is 1.00. The normalized spacial score (nSPS) is 9.00. The molecule has 1 nitrogen and oxygen atoms in total. The zero-order chi connectivity index (χ0) is 6.95. The van der Waals surface area contributed by atoms with Crippen molar-refractivity contribution < 1.29 is 5.11 Å². The van der Waals surface area contributed by atoms with E-state index in [1.807, 2.05) is 0 Å². The average Bonchev–Trinajstić information content (AvgIpc) is 1.89. The molecule has 0 aromatic rings. The maximum Gasteiger partial charge on any atom is 0.0431 e. The van der Waals surface area contributed by atoms with Crippen molar-refractivity contribution >= 4 is 24.0 Å². The average molecular weight is 258 g/mol. The van der Waals surface area contributed by atoms with Gasteiger partial charge in [0.15, 0.2) is 0 Å². The first-order chi connectivity index (χ1) is 4.41. The van der Waals surface area contributed by atoms with Gasteiger partial charge in [0, 0.05) is 6.61 Å². The van der Waals surface area contributed by atoms with Crippen LogP contribution in [0.2, 0.25) is 0 Å². The van der Waals surface area contributed by atoms with Crippen LogP contribution in [0.1, 0.15) is 45.4 Å². The van der Waals surface area contributed by atoms with E-state index in [-0.39, 0.29) is 24.0 Å². The fourth-order valence-electron chi connectivity index (χ4n) is 0.892. The van der Waals surface area contributed by atoms with Crippen molar-refractivity contribution in [2.45, 2.75) is 45.4 Å². The summed E-state index contributed by atoms with van der Waals surface area (Å²) in [7, 11) is 0. The van der Waals surface area contributed by atoms with Crippen LogP contribution < -0.4 is 0 Å². The molecule has 0 bridgehead atoms. The van der Waals surface area contributed by atoms with E-state index in [0.717, 1.165) is 6.42 Å². The Hall–Kier alpha value is 0.690. The van der Waals surface area contributed by atoms with Gasteiger partial charge in [0.2, 0.25) is 0 Å². The Bertz CT molecular complexity index is 42.5. The second-order valence-electron chi connectivity index (χ2n) is 2.49. The fourth-order valence-corrected chi connectivity index (χ4v) is 0.892. The number of halogens is 1. The smallest absolute Gasteiger partial charge is 0.0431 e. The van der Waals surface area contributed by atoms with Crippen molar-refractivity contribution in [1.29, 1.82) is 0 Å². The molecule has 0 fully saturated rings. The molecule has 0 atom stereocenters. The highest BCUT2D eigenvalue weighted by Crippen LogP contribution is 2.03. The van der Waals surface area contributed by atoms with Crippen LogP contribution in [-0.2, 0) is 0 Å². The van der Waals surface area contributed by atoms with Crippen molar-refractivity contribution in [3.8, 4) is 0 Å². The summed E-state index contributed by atoms with van der Waals surface area (Å²) in [6.45, 7) is 2.58. The van der Waals surface area contributed by atoms with Gasteiger partial charge in [-0.3, -0.25) is 0 Å². The molecular weight excluding hydrogens is 239 g/mol. The first kappa shape index (κ1) is 13.3. The maximum atomic E-state index is 8.42. The van der Waals surface area contributed by atoms with Gasteiger partial charge in [0.1, 0.15) is 0 Å². The van der Waals surface area contributed by atoms with Gasteiger partial charge in [-0.1, -0.05) is 39.0 Å². The second kappa shape index (κ2) is 12.4. The van der Waals surface area contributed by atoms with E-state index >= 15 is 0 Å². The molecule has 0 saturated carbocycles. The van der Waals surface area contributed by atoms with Gasteiger partial charge < -0.3 is 5.11 Å². The van der Waals surface area contributed by atoms with E-state index in [1.165, 1.54) is 32.1 Å². The molecule has 1 N–H and O–H groups in total. The van der Waals surface area contributed by atoms with Crippen LogP contribution in [0.15, 0.2) is 0 Å². The molecule has 0 rings (SSSR count). The van der Waals surface area contributed by atoms with Crippen LogP contribution in [0.3, 0.4) is 0 Å². The van der Waals surface area contributed by atoms with E-state index < -0.39 is 0 Å². The lowest BCUT2D eigenvalue weighted by Crippen LogP contribution is -1.82. The highest BCUT2D eigenvalue weighted by atomic mass is 127. The first-order valence-electron chi connectivity index (χ1n) is 4.02. The predicted molar refractivity (Wildman–Crippen MR) is 55.9 cm³/mol. The SMILES string of the molecule is CCCCCCCCO.I. The van der Waals surface area contributed by atoms with Crippen LogP contribution in [0.4, 0.5) is 0 Å². The van der Waals surface area contributed by atoms with Crippen molar-refractivity contribution in [3.05, 3.63) is 0 Å². The number of hydrogen-bond donors (Lipinski definition) is 1. The highest BCUT2D eigenvalue weighted by Gasteiger charge is 1.86. The van der Waals surface area contributed by atoms with Crippen LogP contribution in [0, 0.1) is 0 Å². The van der Waals surface area contributed by atoms with E-state index in [1.54, 1.807) is 0 Å². The minimum absolute atomic E-state index is 0. The third-order valence-electron chi connectivity index (χ3n) is 1.51. The topological polar surface area (TPSA) is 20.2 Å². The molecule has 0 amide bonds. The zero-order valence-electron chi connectivity index (χ0n) is 6.81. The van der Waals surface area contributed by atoms with Crippen LogP contribution in [0.5, 0.6) is 0 Å². The molecule has 0 aliphatic rings. The number of aliphatic hydroxyl groups excluding tert-OH is 1. The van der Waals surface area contributed by atoms with Gasteiger partial charge in [-0.05, 0) is 6.42 Å². The zero-order valence-corrected chi connectivity index (χ0v) is 9.14. The Morgan fingerprint density at radius 3 is 1.90 bits per heavy atom. The molecule has 0 aromatic heterocycles. The molecule has 0 unspecified atom stereocenters. The standard InChI is InChI=1S/C8H18O.HI/c1-2-3-4-5-6-7-8-9;/h9H,2-8H2,1H3;1H. The van der Waals surface area contributed by atoms with Crippen LogP contribution in [-0.4, -0.2) is 11.7 Å². The predicted octanol–water partition coefficient (Wildman–Crippen LogP) is 2.96. The van der Waals surface area contributed by atoms with Crippen molar-refractivity contribution in [1.82, 2.24) is 0 Å². The second-order valence-corrected chi connectivity index (χ2v) is 2.49. The molecule has 0 saturated heterocycles. The van der Waals surface area contributed by atoms with Crippen LogP contribution in [0.25, 0.3) is 0 Å². The van der Waals surface area contributed by atoms with Crippen molar-refractivity contribution in [2.24, 2.45) is 0 Å². The number of rotatable bonds is 6. The van der Waals surface area contributed by atoms with Gasteiger partial charge in [-0.15, -0.1) is 24.0 Å². The third-order valence-corrected chi connectivity index (χ3v) is 1.51. The lowest BCUT2D eigenvalue weighted by molar-refractivity contribution is 0.282. The lowest BCUT2D eigenvalue weighted by atomic mass is 10.1. The van der Waals surface area contributed by atoms with Crippen molar-refractivity contribution in [2.75, 3.05) is 6.61 Å². The quantitative estimate of drug-likeness (QED) is 0.573. The number of aliphatic hydroxyl groups is 1. The van der Waals surface area contributed by atoms with E-state index in [4.69, 9.17) is 5.11 Å². The number of unbranched alkanes of at least 4 members (excludes halogenated alkanes) is 5. The Kier molecular flexibility index (Phi) is 16.4. The highest BCUT2D eigenvalue weighted by molar-refractivity contribution is 14.0. The summed E-state index contributed by atoms with van der Waals surface area (Å²) in [5, 5.41) is 8.42. The third kappa shape index (κ3) is 11.5. The lowest BCUT2D eigenvalue weighted by Gasteiger charge is -1.95. The van der Waals surface area contributed by atoms with E-state index in [0.29, 0.717) is 6.61 Å². The summed E-state index contributed by atoms with van der Waals surface area (Å²) in [4.78, 5) is 0. The monoisotopic (exact) mass is 258 g/mol. The summed E-state index contributed by atoms with van der Waals surface area (Å²) in [6.07, 6.45) is 7.50. The summed E-state index contributed by atoms with van der Waals surface area (Å²) in [5.74, 6) is 0. The first-order valence-corrected chi connectivity index (χ1v) is 4.02. The molecule has 0 aromatic carbocycles. The summed E-state index contributed by atoms with van der Waals surface area (Å²) >= 11 is 0. The van der Waals surface area contributed by atoms with E-state index in [9.17, 15) is 0 Å². The van der Waals surface area contributed by atoms with Gasteiger partial charge in [-0.2, -0.15) is 0 Å². The van der Waals surface area contributed by atoms with E-state index in [2.05, 4.69) is 6.92 Å². The Balaban J connectivity index is 0.